The molecular formula is C14H14N4O3. The Morgan fingerprint density at radius 1 is 1.38 bits per heavy atom. The summed E-state index contributed by atoms with van der Waals surface area (Å²) >= 11 is 0. The van der Waals surface area contributed by atoms with Crippen LogP contribution in [-0.4, -0.2) is 31.2 Å². The van der Waals surface area contributed by atoms with Gasteiger partial charge >= 0.3 is 5.97 Å². The monoisotopic (exact) mass is 286 g/mol. The number of fused-ring (bicyclic) bond motifs is 1. The van der Waals surface area contributed by atoms with Gasteiger partial charge in [-0.15, -0.1) is 5.10 Å². The number of carbonyl (C=O) groups is 1. The first-order valence-electron chi connectivity index (χ1n) is 6.50. The zero-order chi connectivity index (χ0) is 15.1. The van der Waals surface area contributed by atoms with Crippen molar-refractivity contribution in [3.8, 4) is 0 Å². The third kappa shape index (κ3) is 1.97. The molecule has 0 aliphatic carbocycles. The molecule has 7 heteroatoms. The highest BCUT2D eigenvalue weighted by atomic mass is 16.5. The van der Waals surface area contributed by atoms with Crippen LogP contribution in [0.5, 0.6) is 0 Å². The molecule has 1 atom stereocenters. The highest BCUT2D eigenvalue weighted by Crippen LogP contribution is 2.27. The third-order valence-corrected chi connectivity index (χ3v) is 3.61. The van der Waals surface area contributed by atoms with E-state index in [1.807, 2.05) is 20.8 Å². The number of carboxylic acids is 1. The quantitative estimate of drug-likeness (QED) is 0.794. The molecule has 1 aromatic carbocycles. The number of carboxylic acid groups (broad SMARTS) is 1. The zero-order valence-electron chi connectivity index (χ0n) is 11.9. The van der Waals surface area contributed by atoms with Crippen molar-refractivity contribution < 1.29 is 14.4 Å². The van der Waals surface area contributed by atoms with Gasteiger partial charge in [-0.1, -0.05) is 16.4 Å². The van der Waals surface area contributed by atoms with Crippen molar-refractivity contribution in [2.75, 3.05) is 0 Å². The van der Waals surface area contributed by atoms with Crippen molar-refractivity contribution in [3.63, 3.8) is 0 Å². The molecule has 0 spiro atoms. The largest absolute Gasteiger partial charge is 0.478 e. The summed E-state index contributed by atoms with van der Waals surface area (Å²) in [5, 5.41) is 21.3. The van der Waals surface area contributed by atoms with E-state index >= 15 is 0 Å². The number of rotatable bonds is 3. The number of hydrogen-bond acceptors (Lipinski definition) is 5. The highest BCUT2D eigenvalue weighted by Gasteiger charge is 2.22. The molecule has 7 nitrogen and oxygen atoms in total. The molecule has 21 heavy (non-hydrogen) atoms. The first-order chi connectivity index (χ1) is 10.0. The molecule has 1 N–H and O–H groups in total. The van der Waals surface area contributed by atoms with Gasteiger partial charge in [0.2, 0.25) is 0 Å². The average Bonchev–Trinajstić information content (AvgIpc) is 3.01. The van der Waals surface area contributed by atoms with Crippen LogP contribution in [0.3, 0.4) is 0 Å². The molecule has 2 aromatic heterocycles. The van der Waals surface area contributed by atoms with Gasteiger partial charge in [-0.05, 0) is 32.9 Å². The summed E-state index contributed by atoms with van der Waals surface area (Å²) in [4.78, 5) is 11.2. The van der Waals surface area contributed by atoms with Crippen molar-refractivity contribution in [1.82, 2.24) is 20.2 Å². The summed E-state index contributed by atoms with van der Waals surface area (Å²) in [5.41, 5.74) is 2.91. The van der Waals surface area contributed by atoms with Gasteiger partial charge in [0.1, 0.15) is 11.3 Å². The molecule has 0 aliphatic heterocycles. The summed E-state index contributed by atoms with van der Waals surface area (Å²) in [5.74, 6) is -0.296. The fourth-order valence-corrected chi connectivity index (χ4v) is 2.63. The van der Waals surface area contributed by atoms with Gasteiger partial charge in [-0.3, -0.25) is 0 Å². The van der Waals surface area contributed by atoms with Crippen LogP contribution in [0.25, 0.3) is 11.0 Å². The molecule has 0 aliphatic rings. The second-order valence-electron chi connectivity index (χ2n) is 4.93. The smallest absolute Gasteiger partial charge is 0.338 e. The van der Waals surface area contributed by atoms with E-state index in [-0.39, 0.29) is 11.6 Å². The summed E-state index contributed by atoms with van der Waals surface area (Å²) in [6.07, 6.45) is 0. The van der Waals surface area contributed by atoms with Gasteiger partial charge < -0.3 is 9.63 Å². The fourth-order valence-electron chi connectivity index (χ4n) is 2.63. The summed E-state index contributed by atoms with van der Waals surface area (Å²) in [6.45, 7) is 5.66. The van der Waals surface area contributed by atoms with Gasteiger partial charge in [0.05, 0.1) is 22.8 Å². The first kappa shape index (κ1) is 13.3. The Morgan fingerprint density at radius 3 is 2.76 bits per heavy atom. The number of nitrogens with zero attached hydrogens (tertiary/aromatic N) is 4. The Balaban J connectivity index is 2.18. The van der Waals surface area contributed by atoms with E-state index in [2.05, 4.69) is 15.5 Å². The minimum Gasteiger partial charge on any atom is -0.478 e. The Hall–Kier alpha value is -2.70. The SMILES string of the molecule is Cc1noc(C)c1C(C)n1nnc2c(C(=O)O)cccc21. The Labute approximate surface area is 120 Å². The van der Waals surface area contributed by atoms with Gasteiger partial charge in [-0.25, -0.2) is 9.48 Å². The highest BCUT2D eigenvalue weighted by molar-refractivity contribution is 6.00. The first-order valence-corrected chi connectivity index (χ1v) is 6.50. The van der Waals surface area contributed by atoms with Crippen LogP contribution in [-0.2, 0) is 0 Å². The second kappa shape index (κ2) is 4.69. The van der Waals surface area contributed by atoms with Crippen LogP contribution < -0.4 is 0 Å². The number of benzene rings is 1. The van der Waals surface area contributed by atoms with Crippen molar-refractivity contribution in [2.24, 2.45) is 0 Å². The van der Waals surface area contributed by atoms with Crippen molar-refractivity contribution >= 4 is 17.0 Å². The van der Waals surface area contributed by atoms with E-state index in [1.165, 1.54) is 6.07 Å². The number of hydrogen-bond donors (Lipinski definition) is 1. The topological polar surface area (TPSA) is 94.0 Å². The molecule has 0 fully saturated rings. The standard InChI is InChI=1S/C14H14N4O3/c1-7-12(9(3)21-16-7)8(2)18-11-6-4-5-10(14(19)20)13(11)15-17-18/h4-6,8H,1-3H3,(H,19,20). The molecule has 108 valence electrons. The van der Waals surface area contributed by atoms with Crippen LogP contribution in [0, 0.1) is 13.8 Å². The third-order valence-electron chi connectivity index (χ3n) is 3.61. The molecule has 0 radical (unpaired) electrons. The predicted molar refractivity (Wildman–Crippen MR) is 74.3 cm³/mol. The maximum atomic E-state index is 11.2. The van der Waals surface area contributed by atoms with Gasteiger partial charge in [-0.2, -0.15) is 0 Å². The maximum Gasteiger partial charge on any atom is 0.338 e. The molecule has 1 unspecified atom stereocenters. The maximum absolute atomic E-state index is 11.2. The molecule has 0 saturated heterocycles. The van der Waals surface area contributed by atoms with Crippen LogP contribution in [0.2, 0.25) is 0 Å². The lowest BCUT2D eigenvalue weighted by atomic mass is 10.1. The fraction of sp³-hybridized carbons (Fsp3) is 0.286. The lowest BCUT2D eigenvalue weighted by molar-refractivity contribution is 0.0699. The summed E-state index contributed by atoms with van der Waals surface area (Å²) in [6, 6.07) is 4.86. The number of aryl methyl sites for hydroxylation is 2. The summed E-state index contributed by atoms with van der Waals surface area (Å²) in [7, 11) is 0. The van der Waals surface area contributed by atoms with E-state index in [0.29, 0.717) is 11.0 Å². The van der Waals surface area contributed by atoms with Crippen LogP contribution in [0.1, 0.15) is 40.3 Å². The average molecular weight is 286 g/mol. The molecular weight excluding hydrogens is 272 g/mol. The van der Waals surface area contributed by atoms with E-state index in [9.17, 15) is 9.90 Å². The van der Waals surface area contributed by atoms with Crippen LogP contribution >= 0.6 is 0 Å². The Bertz CT molecular complexity index is 814. The van der Waals surface area contributed by atoms with E-state index in [0.717, 1.165) is 17.0 Å². The minimum atomic E-state index is -1.02. The summed E-state index contributed by atoms with van der Waals surface area (Å²) < 4.78 is 6.87. The molecule has 2 heterocycles. The molecule has 3 rings (SSSR count). The molecule has 0 bridgehead atoms. The van der Waals surface area contributed by atoms with E-state index < -0.39 is 5.97 Å². The zero-order valence-corrected chi connectivity index (χ0v) is 11.9. The minimum absolute atomic E-state index is 0.143. The van der Waals surface area contributed by atoms with E-state index in [1.54, 1.807) is 16.8 Å². The van der Waals surface area contributed by atoms with Gasteiger partial charge in [0, 0.05) is 5.56 Å². The van der Waals surface area contributed by atoms with Gasteiger partial charge in [0.15, 0.2) is 0 Å². The van der Waals surface area contributed by atoms with Crippen molar-refractivity contribution in [2.45, 2.75) is 26.8 Å². The number of aromatic carboxylic acids is 1. The lowest BCUT2D eigenvalue weighted by Crippen LogP contribution is -2.10. The Morgan fingerprint density at radius 2 is 2.14 bits per heavy atom. The van der Waals surface area contributed by atoms with Crippen molar-refractivity contribution in [3.05, 3.63) is 40.8 Å². The molecule has 0 saturated carbocycles. The molecule has 3 aromatic rings. The van der Waals surface area contributed by atoms with Crippen molar-refractivity contribution in [1.29, 1.82) is 0 Å². The van der Waals surface area contributed by atoms with Crippen LogP contribution in [0.15, 0.2) is 22.7 Å². The lowest BCUT2D eigenvalue weighted by Gasteiger charge is -2.12. The Kier molecular flexibility index (Phi) is 2.97. The van der Waals surface area contributed by atoms with E-state index in [4.69, 9.17) is 4.52 Å². The van der Waals surface area contributed by atoms with Crippen LogP contribution in [0.4, 0.5) is 0 Å². The van der Waals surface area contributed by atoms with Gasteiger partial charge in [0.25, 0.3) is 0 Å². The molecule has 0 amide bonds. The predicted octanol–water partition coefficient (Wildman–Crippen LogP) is 2.34. The normalized spacial score (nSPS) is 12.7. The number of aromatic nitrogens is 4. The second-order valence-corrected chi connectivity index (χ2v) is 4.93.